The van der Waals surface area contributed by atoms with E-state index < -0.39 is 5.60 Å². The Labute approximate surface area is 164 Å². The fraction of sp³-hybridized carbons (Fsp3) is 0.882. The third-order valence-corrected chi connectivity index (χ3v) is 4.27. The van der Waals surface area contributed by atoms with Crippen molar-refractivity contribution in [3.8, 4) is 0 Å². The van der Waals surface area contributed by atoms with E-state index in [1.165, 1.54) is 12.8 Å². The van der Waals surface area contributed by atoms with Crippen molar-refractivity contribution >= 4 is 36.0 Å². The second-order valence-corrected chi connectivity index (χ2v) is 7.64. The van der Waals surface area contributed by atoms with Crippen LogP contribution in [0.15, 0.2) is 4.99 Å². The number of halogens is 1. The van der Waals surface area contributed by atoms with E-state index in [1.807, 2.05) is 27.7 Å². The highest BCUT2D eigenvalue weighted by Gasteiger charge is 2.23. The zero-order valence-corrected chi connectivity index (χ0v) is 18.4. The van der Waals surface area contributed by atoms with Gasteiger partial charge in [-0.2, -0.15) is 0 Å². The maximum atomic E-state index is 12.0. The predicted molar refractivity (Wildman–Crippen MR) is 110 cm³/mol. The Balaban J connectivity index is 0.00000529. The topological polar surface area (TPSA) is 71.2 Å². The minimum Gasteiger partial charge on any atom is -0.444 e. The molecule has 1 atom stereocenters. The molecule has 0 aromatic heterocycles. The maximum Gasteiger partial charge on any atom is 0.410 e. The molecule has 1 aliphatic rings. The highest BCUT2D eigenvalue weighted by molar-refractivity contribution is 14.0. The monoisotopic (exact) mass is 454 g/mol. The lowest BCUT2D eigenvalue weighted by molar-refractivity contribution is 0.0231. The number of hydrogen-bond acceptors (Lipinski definition) is 3. The number of carbonyl (C=O) groups is 1. The molecule has 0 aromatic rings. The average Bonchev–Trinajstić information content (AvgIpc) is 2.45. The molecule has 1 unspecified atom stereocenters. The Hall–Kier alpha value is -0.730. The average molecular weight is 454 g/mol. The van der Waals surface area contributed by atoms with Crippen LogP contribution in [0.3, 0.4) is 0 Å². The van der Waals surface area contributed by atoms with Gasteiger partial charge in [-0.25, -0.2) is 4.79 Å². The zero-order chi connectivity index (χ0) is 17.6. The van der Waals surface area contributed by atoms with E-state index in [0.29, 0.717) is 12.5 Å². The van der Waals surface area contributed by atoms with Crippen molar-refractivity contribution in [1.29, 1.82) is 0 Å². The van der Waals surface area contributed by atoms with Gasteiger partial charge in [-0.3, -0.25) is 4.99 Å². The Bertz CT molecular complexity index is 415. The van der Waals surface area contributed by atoms with Crippen LogP contribution in [0, 0.1) is 5.92 Å². The Morgan fingerprint density at radius 2 is 1.92 bits per heavy atom. The number of ether oxygens (including phenoxy) is 1. The molecule has 0 radical (unpaired) electrons. The normalized spacial score (nSPS) is 17.9. The number of carbonyl (C=O) groups excluding carboxylic acids is 1. The van der Waals surface area contributed by atoms with Gasteiger partial charge in [0.2, 0.25) is 0 Å². The lowest BCUT2D eigenvalue weighted by atomic mass is 10.00. The molecule has 7 heteroatoms. The van der Waals surface area contributed by atoms with Crippen molar-refractivity contribution in [2.45, 2.75) is 65.5 Å². The second-order valence-electron chi connectivity index (χ2n) is 7.64. The summed E-state index contributed by atoms with van der Waals surface area (Å²) in [6.45, 7) is 12.5. The number of guanidine groups is 1. The van der Waals surface area contributed by atoms with E-state index in [9.17, 15) is 4.79 Å². The van der Waals surface area contributed by atoms with E-state index in [1.54, 1.807) is 11.9 Å². The van der Waals surface area contributed by atoms with Gasteiger partial charge in [-0.05, 0) is 52.9 Å². The van der Waals surface area contributed by atoms with E-state index >= 15 is 0 Å². The molecule has 1 amide bonds. The van der Waals surface area contributed by atoms with E-state index in [4.69, 9.17) is 10.5 Å². The number of piperidine rings is 1. The SMILES string of the molecule is CC1CCN(C(N)=NCCC(C)N(C)C(=O)OC(C)(C)C)CC1.I. The van der Waals surface area contributed by atoms with Gasteiger partial charge in [0.05, 0.1) is 0 Å². The van der Waals surface area contributed by atoms with Crippen LogP contribution < -0.4 is 5.73 Å². The zero-order valence-electron chi connectivity index (χ0n) is 16.0. The first-order valence-electron chi connectivity index (χ1n) is 8.61. The molecule has 1 saturated heterocycles. The molecule has 1 heterocycles. The Morgan fingerprint density at radius 1 is 1.38 bits per heavy atom. The third kappa shape index (κ3) is 8.39. The second kappa shape index (κ2) is 10.3. The van der Waals surface area contributed by atoms with Crippen LogP contribution >= 0.6 is 24.0 Å². The maximum absolute atomic E-state index is 12.0. The molecular weight excluding hydrogens is 419 g/mol. The number of amides is 1. The minimum absolute atomic E-state index is 0. The number of nitrogens with two attached hydrogens (primary N) is 1. The van der Waals surface area contributed by atoms with Gasteiger partial charge in [0.1, 0.15) is 5.60 Å². The fourth-order valence-corrected chi connectivity index (χ4v) is 2.41. The van der Waals surface area contributed by atoms with Crippen molar-refractivity contribution in [2.75, 3.05) is 26.7 Å². The van der Waals surface area contributed by atoms with Crippen LogP contribution in [0.1, 0.15) is 53.9 Å². The number of aliphatic imine (C=N–C) groups is 1. The van der Waals surface area contributed by atoms with Gasteiger partial charge >= 0.3 is 6.09 Å². The van der Waals surface area contributed by atoms with Crippen LogP contribution in [-0.4, -0.2) is 60.2 Å². The molecule has 142 valence electrons. The molecule has 6 nitrogen and oxygen atoms in total. The van der Waals surface area contributed by atoms with Gasteiger partial charge in [0.25, 0.3) is 0 Å². The lowest BCUT2D eigenvalue weighted by Gasteiger charge is -2.31. The van der Waals surface area contributed by atoms with Crippen LogP contribution in [0.2, 0.25) is 0 Å². The van der Waals surface area contributed by atoms with Crippen molar-refractivity contribution in [3.63, 3.8) is 0 Å². The van der Waals surface area contributed by atoms with Crippen molar-refractivity contribution in [3.05, 3.63) is 0 Å². The van der Waals surface area contributed by atoms with Crippen LogP contribution in [0.4, 0.5) is 4.79 Å². The molecule has 1 aliphatic heterocycles. The van der Waals surface area contributed by atoms with Gasteiger partial charge in [0, 0.05) is 32.7 Å². The van der Waals surface area contributed by atoms with Crippen LogP contribution in [0.25, 0.3) is 0 Å². The third-order valence-electron chi connectivity index (χ3n) is 4.27. The molecule has 0 aromatic carbocycles. The smallest absolute Gasteiger partial charge is 0.410 e. The minimum atomic E-state index is -0.473. The first-order valence-corrected chi connectivity index (χ1v) is 8.61. The fourth-order valence-electron chi connectivity index (χ4n) is 2.41. The first-order chi connectivity index (χ1) is 10.6. The first kappa shape index (κ1) is 23.3. The van der Waals surface area contributed by atoms with Gasteiger partial charge in [-0.1, -0.05) is 6.92 Å². The van der Waals surface area contributed by atoms with E-state index in [0.717, 1.165) is 25.4 Å². The standard InChI is InChI=1S/C17H34N4O2.HI/c1-13-8-11-21(12-9-13)15(18)19-10-7-14(2)20(6)16(22)23-17(3,4)5;/h13-14H,7-12H2,1-6H3,(H2,18,19);1H. The molecule has 1 fully saturated rings. The number of nitrogens with zero attached hydrogens (tertiary/aromatic N) is 3. The summed E-state index contributed by atoms with van der Waals surface area (Å²) < 4.78 is 5.37. The van der Waals surface area contributed by atoms with E-state index in [-0.39, 0.29) is 36.1 Å². The van der Waals surface area contributed by atoms with Gasteiger partial charge in [-0.15, -0.1) is 24.0 Å². The number of hydrogen-bond donors (Lipinski definition) is 1. The summed E-state index contributed by atoms with van der Waals surface area (Å²) in [7, 11) is 1.76. The summed E-state index contributed by atoms with van der Waals surface area (Å²) in [4.78, 5) is 20.3. The summed E-state index contributed by atoms with van der Waals surface area (Å²) in [5.74, 6) is 1.41. The lowest BCUT2D eigenvalue weighted by Crippen LogP contribution is -2.43. The summed E-state index contributed by atoms with van der Waals surface area (Å²) in [6, 6.07) is 0.0581. The van der Waals surface area contributed by atoms with Gasteiger partial charge < -0.3 is 20.3 Å². The number of rotatable bonds is 4. The molecule has 0 aliphatic carbocycles. The predicted octanol–water partition coefficient (Wildman–Crippen LogP) is 3.30. The molecular formula is C17H35IN4O2. The summed E-state index contributed by atoms with van der Waals surface area (Å²) in [5.41, 5.74) is 5.60. The highest BCUT2D eigenvalue weighted by atomic mass is 127. The molecule has 0 bridgehead atoms. The summed E-state index contributed by atoms with van der Waals surface area (Å²) in [6.07, 6.45) is 2.81. The molecule has 1 rings (SSSR count). The highest BCUT2D eigenvalue weighted by Crippen LogP contribution is 2.16. The van der Waals surface area contributed by atoms with Crippen molar-refractivity contribution in [2.24, 2.45) is 16.6 Å². The van der Waals surface area contributed by atoms with Crippen LogP contribution in [-0.2, 0) is 4.74 Å². The Morgan fingerprint density at radius 3 is 2.42 bits per heavy atom. The quantitative estimate of drug-likeness (QED) is 0.402. The van der Waals surface area contributed by atoms with Gasteiger partial charge in [0.15, 0.2) is 5.96 Å². The van der Waals surface area contributed by atoms with Crippen molar-refractivity contribution < 1.29 is 9.53 Å². The Kier molecular flexibility index (Phi) is 9.99. The van der Waals surface area contributed by atoms with Crippen molar-refractivity contribution in [1.82, 2.24) is 9.80 Å². The molecule has 24 heavy (non-hydrogen) atoms. The molecule has 2 N–H and O–H groups in total. The van der Waals surface area contributed by atoms with E-state index in [2.05, 4.69) is 16.8 Å². The largest absolute Gasteiger partial charge is 0.444 e. The summed E-state index contributed by atoms with van der Waals surface area (Å²) in [5, 5.41) is 0. The van der Waals surface area contributed by atoms with Crippen LogP contribution in [0.5, 0.6) is 0 Å². The molecule has 0 saturated carbocycles. The number of likely N-dealkylation sites (tertiary alicyclic amines) is 1. The summed E-state index contributed by atoms with van der Waals surface area (Å²) >= 11 is 0. The molecule has 0 spiro atoms.